The average molecular weight is 476 g/mol. The summed E-state index contributed by atoms with van der Waals surface area (Å²) in [5.41, 5.74) is 3.30. The number of anilines is 1. The molecule has 0 radical (unpaired) electrons. The van der Waals surface area contributed by atoms with E-state index in [1.165, 1.54) is 6.07 Å². The number of hydrogen-bond donors (Lipinski definition) is 1. The van der Waals surface area contributed by atoms with Gasteiger partial charge < -0.3 is 14.2 Å². The Labute approximate surface area is 203 Å². The fourth-order valence-corrected chi connectivity index (χ4v) is 4.02. The summed E-state index contributed by atoms with van der Waals surface area (Å²) >= 11 is 0. The van der Waals surface area contributed by atoms with Crippen molar-refractivity contribution in [1.29, 1.82) is 0 Å². The van der Waals surface area contributed by atoms with Crippen molar-refractivity contribution in [3.63, 3.8) is 0 Å². The van der Waals surface area contributed by atoms with Gasteiger partial charge in [0, 0.05) is 16.6 Å². The van der Waals surface area contributed by atoms with Crippen LogP contribution in [0.15, 0.2) is 111 Å². The lowest BCUT2D eigenvalue weighted by atomic mass is 10.0. The van der Waals surface area contributed by atoms with Crippen LogP contribution >= 0.6 is 0 Å². The smallest absolute Gasteiger partial charge is 0.344 e. The highest BCUT2D eigenvalue weighted by Crippen LogP contribution is 2.28. The van der Waals surface area contributed by atoms with Gasteiger partial charge in [-0.2, -0.15) is 0 Å². The van der Waals surface area contributed by atoms with Crippen molar-refractivity contribution in [3.8, 4) is 22.6 Å². The number of hydrogen-bond acceptors (Lipinski definition) is 5. The van der Waals surface area contributed by atoms with Gasteiger partial charge in [-0.1, -0.05) is 42.5 Å². The normalized spacial score (nSPS) is 11.1. The number of carbonyl (C=O) groups excluding carboxylic acids is 1. The molecule has 36 heavy (non-hydrogen) atoms. The van der Waals surface area contributed by atoms with E-state index in [-0.39, 0.29) is 17.4 Å². The van der Waals surface area contributed by atoms with Gasteiger partial charge >= 0.3 is 5.63 Å². The minimum Gasteiger partial charge on any atom is -0.436 e. The number of amides is 1. The van der Waals surface area contributed by atoms with Crippen molar-refractivity contribution < 1.29 is 18.0 Å². The zero-order valence-corrected chi connectivity index (χ0v) is 18.7. The minimum absolute atomic E-state index is 0.167. The monoisotopic (exact) mass is 476 g/mol. The molecule has 4 aromatic carbocycles. The van der Waals surface area contributed by atoms with Crippen molar-refractivity contribution in [1.82, 2.24) is 4.98 Å². The van der Waals surface area contributed by atoms with Crippen LogP contribution < -0.4 is 10.9 Å². The lowest BCUT2D eigenvalue weighted by Gasteiger charge is -2.07. The van der Waals surface area contributed by atoms with E-state index in [4.69, 9.17) is 8.83 Å². The van der Waals surface area contributed by atoms with Gasteiger partial charge in [0.2, 0.25) is 5.89 Å². The van der Waals surface area contributed by atoms with Crippen LogP contribution in [-0.2, 0) is 0 Å². The number of nitrogens with one attached hydrogen (secondary N) is 1. The third kappa shape index (κ3) is 3.92. The summed E-state index contributed by atoms with van der Waals surface area (Å²) in [4.78, 5) is 29.6. The molecule has 2 aromatic heterocycles. The minimum atomic E-state index is -0.443. The maximum Gasteiger partial charge on any atom is 0.344 e. The van der Waals surface area contributed by atoms with Crippen LogP contribution in [0.4, 0.5) is 10.1 Å². The summed E-state index contributed by atoms with van der Waals surface area (Å²) < 4.78 is 25.2. The largest absolute Gasteiger partial charge is 0.436 e. The molecule has 0 aliphatic heterocycles. The SMILES string of the molecule is O=C(Nc1ccc2oc(-c3ccccc3F)nc2c1)c1ccc(-c2cc3ccccc3oc2=O)cc1. The van der Waals surface area contributed by atoms with Crippen LogP contribution in [0, 0.1) is 5.82 Å². The van der Waals surface area contributed by atoms with E-state index < -0.39 is 11.4 Å². The third-order valence-corrected chi connectivity index (χ3v) is 5.85. The van der Waals surface area contributed by atoms with E-state index >= 15 is 0 Å². The summed E-state index contributed by atoms with van der Waals surface area (Å²) in [6.07, 6.45) is 0. The summed E-state index contributed by atoms with van der Waals surface area (Å²) in [6, 6.07) is 27.0. The average Bonchev–Trinajstić information content (AvgIpc) is 3.32. The number of halogens is 1. The van der Waals surface area contributed by atoms with Gasteiger partial charge in [0.25, 0.3) is 5.91 Å². The maximum atomic E-state index is 14.1. The predicted octanol–water partition coefficient (Wildman–Crippen LogP) is 6.66. The van der Waals surface area contributed by atoms with Crippen molar-refractivity contribution in [2.24, 2.45) is 0 Å². The van der Waals surface area contributed by atoms with E-state index in [0.717, 1.165) is 5.39 Å². The molecule has 0 fully saturated rings. The predicted molar refractivity (Wildman–Crippen MR) is 135 cm³/mol. The first-order chi connectivity index (χ1) is 17.5. The molecule has 1 amide bonds. The molecular weight excluding hydrogens is 459 g/mol. The summed E-state index contributed by atoms with van der Waals surface area (Å²) in [5.74, 6) is -0.591. The van der Waals surface area contributed by atoms with Crippen LogP contribution in [0.5, 0.6) is 0 Å². The van der Waals surface area contributed by atoms with E-state index in [1.807, 2.05) is 12.1 Å². The Morgan fingerprint density at radius 2 is 1.56 bits per heavy atom. The van der Waals surface area contributed by atoms with Crippen molar-refractivity contribution in [2.45, 2.75) is 0 Å². The quantitative estimate of drug-likeness (QED) is 0.288. The molecule has 0 bridgehead atoms. The Bertz CT molecular complexity index is 1820. The number of nitrogens with zero attached hydrogens (tertiary/aromatic N) is 1. The van der Waals surface area contributed by atoms with Gasteiger partial charge in [-0.05, 0) is 60.2 Å². The van der Waals surface area contributed by atoms with Gasteiger partial charge in [0.15, 0.2) is 5.58 Å². The number of fused-ring (bicyclic) bond motifs is 2. The second-order valence-corrected chi connectivity index (χ2v) is 8.20. The molecule has 6 rings (SSSR count). The van der Waals surface area contributed by atoms with Gasteiger partial charge in [-0.3, -0.25) is 4.79 Å². The molecule has 6 aromatic rings. The Morgan fingerprint density at radius 1 is 0.778 bits per heavy atom. The van der Waals surface area contributed by atoms with Gasteiger partial charge in [0.1, 0.15) is 16.9 Å². The van der Waals surface area contributed by atoms with E-state index in [0.29, 0.717) is 39.1 Å². The molecule has 0 saturated heterocycles. The standard InChI is InChI=1S/C29H17FN2O4/c30-23-7-3-2-6-21(23)28-32-24-16-20(13-14-26(24)35-28)31-27(33)18-11-9-17(10-12-18)22-15-19-5-1-4-8-25(19)36-29(22)34/h1-16H,(H,31,33). The summed E-state index contributed by atoms with van der Waals surface area (Å²) in [7, 11) is 0. The topological polar surface area (TPSA) is 85.3 Å². The Morgan fingerprint density at radius 3 is 2.39 bits per heavy atom. The van der Waals surface area contributed by atoms with Crippen LogP contribution in [0.1, 0.15) is 10.4 Å². The molecule has 0 unspecified atom stereocenters. The lowest BCUT2D eigenvalue weighted by Crippen LogP contribution is -2.11. The molecule has 174 valence electrons. The maximum absolute atomic E-state index is 14.1. The second-order valence-electron chi connectivity index (χ2n) is 8.20. The van der Waals surface area contributed by atoms with Crippen LogP contribution in [-0.4, -0.2) is 10.9 Å². The Balaban J connectivity index is 1.23. The van der Waals surface area contributed by atoms with E-state index in [2.05, 4.69) is 10.3 Å². The molecule has 2 heterocycles. The number of aromatic nitrogens is 1. The van der Waals surface area contributed by atoms with Crippen LogP contribution in [0.2, 0.25) is 0 Å². The Hall–Kier alpha value is -5.04. The molecular formula is C29H17FN2O4. The zero-order chi connectivity index (χ0) is 24.6. The molecule has 6 nitrogen and oxygen atoms in total. The van der Waals surface area contributed by atoms with Crippen molar-refractivity contribution in [3.05, 3.63) is 119 Å². The van der Waals surface area contributed by atoms with Crippen molar-refractivity contribution >= 4 is 33.7 Å². The molecule has 0 saturated carbocycles. The first kappa shape index (κ1) is 21.5. The highest BCUT2D eigenvalue weighted by atomic mass is 19.1. The second kappa shape index (κ2) is 8.63. The summed E-state index contributed by atoms with van der Waals surface area (Å²) in [5, 5.41) is 3.65. The highest BCUT2D eigenvalue weighted by Gasteiger charge is 2.14. The molecule has 0 atom stereocenters. The first-order valence-electron chi connectivity index (χ1n) is 11.2. The van der Waals surface area contributed by atoms with Gasteiger partial charge in [-0.25, -0.2) is 14.2 Å². The molecule has 0 aliphatic carbocycles. The van der Waals surface area contributed by atoms with E-state index in [1.54, 1.807) is 78.9 Å². The molecule has 0 aliphatic rings. The fourth-order valence-electron chi connectivity index (χ4n) is 4.02. The number of rotatable bonds is 4. The summed E-state index contributed by atoms with van der Waals surface area (Å²) in [6.45, 7) is 0. The van der Waals surface area contributed by atoms with Crippen LogP contribution in [0.3, 0.4) is 0 Å². The highest BCUT2D eigenvalue weighted by molar-refractivity contribution is 6.05. The molecule has 0 spiro atoms. The van der Waals surface area contributed by atoms with Gasteiger partial charge in [0.05, 0.1) is 11.1 Å². The van der Waals surface area contributed by atoms with Crippen molar-refractivity contribution in [2.75, 3.05) is 5.32 Å². The number of benzene rings is 4. The molecule has 1 N–H and O–H groups in total. The third-order valence-electron chi connectivity index (χ3n) is 5.85. The zero-order valence-electron chi connectivity index (χ0n) is 18.7. The fraction of sp³-hybridized carbons (Fsp3) is 0. The lowest BCUT2D eigenvalue weighted by molar-refractivity contribution is 0.102. The van der Waals surface area contributed by atoms with E-state index in [9.17, 15) is 14.0 Å². The van der Waals surface area contributed by atoms with Crippen LogP contribution in [0.25, 0.3) is 44.7 Å². The number of oxazole rings is 1. The Kier molecular flexibility index (Phi) is 5.15. The molecule has 7 heteroatoms. The number of carbonyl (C=O) groups is 1. The first-order valence-corrected chi connectivity index (χ1v) is 11.2. The van der Waals surface area contributed by atoms with Gasteiger partial charge in [-0.15, -0.1) is 0 Å². The number of para-hydroxylation sites is 1.